The van der Waals surface area contributed by atoms with Gasteiger partial charge in [-0.15, -0.1) is 0 Å². The second-order valence-electron chi connectivity index (χ2n) is 5.27. The third-order valence-corrected chi connectivity index (χ3v) is 6.79. The highest BCUT2D eigenvalue weighted by Gasteiger charge is 2.25. The molecule has 2 fully saturated rings. The summed E-state index contributed by atoms with van der Waals surface area (Å²) in [5, 5.41) is 4.56. The Kier molecular flexibility index (Phi) is 6.00. The van der Waals surface area contributed by atoms with Gasteiger partial charge in [0.05, 0.1) is 0 Å². The van der Waals surface area contributed by atoms with E-state index in [1.54, 1.807) is 0 Å². The van der Waals surface area contributed by atoms with Crippen molar-refractivity contribution in [1.82, 2.24) is 10.2 Å². The van der Waals surface area contributed by atoms with E-state index in [2.05, 4.69) is 47.6 Å². The Bertz CT molecular complexity index is 217. The van der Waals surface area contributed by atoms with Crippen LogP contribution in [0.15, 0.2) is 0 Å². The zero-order chi connectivity index (χ0) is 12.1. The van der Waals surface area contributed by atoms with Crippen LogP contribution >= 0.6 is 23.5 Å². The van der Waals surface area contributed by atoms with Gasteiger partial charge >= 0.3 is 0 Å². The number of nitrogens with one attached hydrogen (secondary N) is 1. The molecule has 2 nitrogen and oxygen atoms in total. The van der Waals surface area contributed by atoms with E-state index >= 15 is 0 Å². The van der Waals surface area contributed by atoms with Crippen molar-refractivity contribution in [3.05, 3.63) is 0 Å². The smallest absolute Gasteiger partial charge is 0.0265 e. The predicted octanol–water partition coefficient (Wildman–Crippen LogP) is 2.15. The molecule has 4 heteroatoms. The lowest BCUT2D eigenvalue weighted by molar-refractivity contribution is 0.171. The number of thioether (sulfide) groups is 2. The monoisotopic (exact) mass is 274 g/mol. The normalized spacial score (nSPS) is 33.5. The fraction of sp³-hybridized carbons (Fsp3) is 1.00. The van der Waals surface area contributed by atoms with E-state index in [4.69, 9.17) is 0 Å². The van der Waals surface area contributed by atoms with Crippen LogP contribution < -0.4 is 5.32 Å². The predicted molar refractivity (Wildman–Crippen MR) is 81.3 cm³/mol. The van der Waals surface area contributed by atoms with E-state index < -0.39 is 0 Å². The van der Waals surface area contributed by atoms with Crippen LogP contribution in [-0.2, 0) is 0 Å². The van der Waals surface area contributed by atoms with Crippen LogP contribution in [0.4, 0.5) is 0 Å². The van der Waals surface area contributed by atoms with E-state index in [0.29, 0.717) is 0 Å². The molecule has 2 aliphatic rings. The lowest BCUT2D eigenvalue weighted by Gasteiger charge is -2.38. The summed E-state index contributed by atoms with van der Waals surface area (Å²) >= 11 is 4.33. The molecule has 0 aromatic rings. The molecule has 17 heavy (non-hydrogen) atoms. The molecule has 0 aromatic carbocycles. The van der Waals surface area contributed by atoms with E-state index in [1.165, 1.54) is 49.9 Å². The van der Waals surface area contributed by atoms with Crippen LogP contribution in [0, 0.1) is 5.92 Å². The topological polar surface area (TPSA) is 15.3 Å². The Labute approximate surface area is 115 Å². The minimum atomic E-state index is 0.718. The summed E-state index contributed by atoms with van der Waals surface area (Å²) in [5.74, 6) is 4.89. The van der Waals surface area contributed by atoms with Crippen molar-refractivity contribution in [3.8, 4) is 0 Å². The highest BCUT2D eigenvalue weighted by Crippen LogP contribution is 2.25. The average molecular weight is 274 g/mol. The van der Waals surface area contributed by atoms with Crippen LogP contribution in [0.3, 0.4) is 0 Å². The Balaban J connectivity index is 1.76. The minimum Gasteiger partial charge on any atom is -0.311 e. The summed E-state index contributed by atoms with van der Waals surface area (Å²) in [7, 11) is 0. The van der Waals surface area contributed by atoms with Crippen LogP contribution in [0.5, 0.6) is 0 Å². The lowest BCUT2D eigenvalue weighted by atomic mass is 9.97. The zero-order valence-corrected chi connectivity index (χ0v) is 12.8. The van der Waals surface area contributed by atoms with Gasteiger partial charge in [0.2, 0.25) is 0 Å². The van der Waals surface area contributed by atoms with Gasteiger partial charge in [0, 0.05) is 54.7 Å². The van der Waals surface area contributed by atoms with Gasteiger partial charge in [0.25, 0.3) is 0 Å². The molecular weight excluding hydrogens is 248 g/mol. The number of hydrogen-bond donors (Lipinski definition) is 1. The maximum Gasteiger partial charge on any atom is 0.0265 e. The van der Waals surface area contributed by atoms with Crippen LogP contribution in [-0.4, -0.2) is 59.6 Å². The molecule has 3 unspecified atom stereocenters. The zero-order valence-electron chi connectivity index (χ0n) is 11.2. The molecule has 1 N–H and O–H groups in total. The largest absolute Gasteiger partial charge is 0.311 e. The molecule has 0 aliphatic carbocycles. The minimum absolute atomic E-state index is 0.718. The summed E-state index contributed by atoms with van der Waals surface area (Å²) < 4.78 is 0. The SMILES string of the molecule is CCC(C)C1CN(CC2CSCCS2)CCN1. The Morgan fingerprint density at radius 3 is 3.00 bits per heavy atom. The van der Waals surface area contributed by atoms with Gasteiger partial charge in [0.15, 0.2) is 0 Å². The second kappa shape index (κ2) is 7.27. The highest BCUT2D eigenvalue weighted by atomic mass is 32.2. The third-order valence-electron chi connectivity index (χ3n) is 3.97. The van der Waals surface area contributed by atoms with Crippen LogP contribution in [0.25, 0.3) is 0 Å². The first-order chi connectivity index (χ1) is 8.29. The number of nitrogens with zero attached hydrogens (tertiary/aromatic N) is 1. The van der Waals surface area contributed by atoms with E-state index in [1.807, 2.05) is 0 Å². The van der Waals surface area contributed by atoms with Gasteiger partial charge in [-0.25, -0.2) is 0 Å². The molecule has 3 atom stereocenters. The van der Waals surface area contributed by atoms with Gasteiger partial charge in [-0.05, 0) is 5.92 Å². The fourth-order valence-corrected chi connectivity index (χ4v) is 5.32. The molecule has 100 valence electrons. The number of rotatable bonds is 4. The van der Waals surface area contributed by atoms with Crippen molar-refractivity contribution in [1.29, 1.82) is 0 Å². The molecule has 2 heterocycles. The first-order valence-electron chi connectivity index (χ1n) is 6.94. The summed E-state index contributed by atoms with van der Waals surface area (Å²) in [5.41, 5.74) is 0. The van der Waals surface area contributed by atoms with Gasteiger partial charge in [-0.3, -0.25) is 4.90 Å². The molecular formula is C13H26N2S2. The number of hydrogen-bond acceptors (Lipinski definition) is 4. The van der Waals surface area contributed by atoms with Crippen molar-refractivity contribution < 1.29 is 0 Å². The standard InChI is InChI=1S/C13H26N2S2/c1-3-11(2)13-9-15(5-4-14-13)8-12-10-16-6-7-17-12/h11-14H,3-10H2,1-2H3. The molecule has 0 radical (unpaired) electrons. The van der Waals surface area contributed by atoms with Crippen molar-refractivity contribution >= 4 is 23.5 Å². The Morgan fingerprint density at radius 1 is 1.41 bits per heavy atom. The summed E-state index contributed by atoms with van der Waals surface area (Å²) in [4.78, 5) is 2.69. The molecule has 0 saturated carbocycles. The summed E-state index contributed by atoms with van der Waals surface area (Å²) in [6, 6.07) is 0.718. The van der Waals surface area contributed by atoms with E-state index in [0.717, 1.165) is 17.2 Å². The van der Waals surface area contributed by atoms with Crippen LogP contribution in [0.2, 0.25) is 0 Å². The molecule has 0 aromatic heterocycles. The van der Waals surface area contributed by atoms with Crippen LogP contribution in [0.1, 0.15) is 20.3 Å². The van der Waals surface area contributed by atoms with Gasteiger partial charge < -0.3 is 5.32 Å². The maximum absolute atomic E-state index is 3.68. The Hall–Kier alpha value is 0.620. The first kappa shape index (κ1) is 14.0. The maximum atomic E-state index is 3.68. The molecule has 0 spiro atoms. The fourth-order valence-electron chi connectivity index (χ4n) is 2.60. The summed E-state index contributed by atoms with van der Waals surface area (Å²) in [6.45, 7) is 9.68. The van der Waals surface area contributed by atoms with Crippen molar-refractivity contribution in [2.24, 2.45) is 5.92 Å². The van der Waals surface area contributed by atoms with E-state index in [9.17, 15) is 0 Å². The average Bonchev–Trinajstić information content (AvgIpc) is 2.39. The Morgan fingerprint density at radius 2 is 2.29 bits per heavy atom. The lowest BCUT2D eigenvalue weighted by Crippen LogP contribution is -2.54. The highest BCUT2D eigenvalue weighted by molar-refractivity contribution is 8.06. The van der Waals surface area contributed by atoms with E-state index in [-0.39, 0.29) is 0 Å². The second-order valence-corrected chi connectivity index (χ2v) is 7.83. The third kappa shape index (κ3) is 4.34. The molecule has 2 aliphatic heterocycles. The first-order valence-corrected chi connectivity index (χ1v) is 9.15. The van der Waals surface area contributed by atoms with Crippen molar-refractivity contribution in [2.45, 2.75) is 31.6 Å². The quantitative estimate of drug-likeness (QED) is 0.844. The number of piperazine rings is 1. The van der Waals surface area contributed by atoms with Gasteiger partial charge in [0.1, 0.15) is 0 Å². The molecule has 2 rings (SSSR count). The molecule has 0 bridgehead atoms. The molecule has 0 amide bonds. The summed E-state index contributed by atoms with van der Waals surface area (Å²) in [6.07, 6.45) is 1.29. The van der Waals surface area contributed by atoms with Gasteiger partial charge in [-0.1, -0.05) is 20.3 Å². The van der Waals surface area contributed by atoms with Crippen molar-refractivity contribution in [3.63, 3.8) is 0 Å². The molecule has 2 saturated heterocycles. The van der Waals surface area contributed by atoms with Gasteiger partial charge in [-0.2, -0.15) is 23.5 Å². The van der Waals surface area contributed by atoms with Crippen molar-refractivity contribution in [2.75, 3.05) is 43.4 Å².